The van der Waals surface area contributed by atoms with E-state index in [2.05, 4.69) is 24.4 Å². The molecular weight excluding hydrogens is 526 g/mol. The maximum absolute atomic E-state index is 13.8. The van der Waals surface area contributed by atoms with Crippen molar-refractivity contribution >= 4 is 29.0 Å². The Morgan fingerprint density at radius 1 is 0.875 bits per heavy atom. The lowest BCUT2D eigenvalue weighted by atomic mass is 10.1. The molecule has 3 rings (SSSR count). The number of urea groups is 1. The number of nitrogens with zero attached hydrogens (tertiary/aromatic N) is 2. The van der Waals surface area contributed by atoms with Crippen molar-refractivity contribution in [3.8, 4) is 11.5 Å². The lowest BCUT2D eigenvalue weighted by Gasteiger charge is -2.28. The zero-order valence-corrected chi connectivity index (χ0v) is 25.2. The average molecular weight is 568 g/mol. The fourth-order valence-electron chi connectivity index (χ4n) is 4.46. The van der Waals surface area contributed by atoms with Crippen molar-refractivity contribution in [1.29, 1.82) is 0 Å². The van der Waals surface area contributed by atoms with Crippen LogP contribution in [0.15, 0.2) is 48.5 Å². The molecule has 1 aromatic heterocycles. The first-order chi connectivity index (χ1) is 19.2. The zero-order chi connectivity index (χ0) is 29.1. The number of anilines is 1. The van der Waals surface area contributed by atoms with E-state index in [1.54, 1.807) is 37.6 Å². The Balaban J connectivity index is 1.79. The van der Waals surface area contributed by atoms with Gasteiger partial charge in [0.2, 0.25) is 5.91 Å². The van der Waals surface area contributed by atoms with Gasteiger partial charge in [0.1, 0.15) is 6.54 Å². The molecule has 0 unspecified atom stereocenters. The molecule has 0 saturated carbocycles. The summed E-state index contributed by atoms with van der Waals surface area (Å²) in [5.41, 5.74) is 3.75. The van der Waals surface area contributed by atoms with Crippen LogP contribution in [0.1, 0.15) is 32.9 Å². The topological polar surface area (TPSA) is 80.3 Å². The van der Waals surface area contributed by atoms with E-state index in [-0.39, 0.29) is 18.5 Å². The number of carbonyl (C=O) groups excluding carboxylic acids is 2. The van der Waals surface area contributed by atoms with Gasteiger partial charge in [0.15, 0.2) is 11.5 Å². The number of nitrogens with one attached hydrogen (secondary N) is 1. The van der Waals surface area contributed by atoms with E-state index in [4.69, 9.17) is 14.2 Å². The highest BCUT2D eigenvalue weighted by Gasteiger charge is 2.23. The molecular formula is C31H41N3O5S. The summed E-state index contributed by atoms with van der Waals surface area (Å²) < 4.78 is 16.0. The van der Waals surface area contributed by atoms with Gasteiger partial charge in [-0.2, -0.15) is 0 Å². The van der Waals surface area contributed by atoms with Gasteiger partial charge in [-0.3, -0.25) is 4.79 Å². The van der Waals surface area contributed by atoms with Gasteiger partial charge in [0, 0.05) is 42.2 Å². The molecule has 0 fully saturated rings. The van der Waals surface area contributed by atoms with E-state index in [1.165, 1.54) is 4.88 Å². The number of hydrogen-bond donors (Lipinski definition) is 1. The van der Waals surface area contributed by atoms with Crippen LogP contribution in [0.4, 0.5) is 10.5 Å². The summed E-state index contributed by atoms with van der Waals surface area (Å²) in [5, 5.41) is 3.04. The normalized spacial score (nSPS) is 10.8. The Bertz CT molecular complexity index is 1260. The summed E-state index contributed by atoms with van der Waals surface area (Å²) in [7, 11) is 4.85. The number of methoxy groups -OCH3 is 3. The van der Waals surface area contributed by atoms with Crippen LogP contribution in [0.25, 0.3) is 0 Å². The molecule has 1 heterocycles. The van der Waals surface area contributed by atoms with Crippen molar-refractivity contribution < 1.29 is 23.8 Å². The third-order valence-corrected chi connectivity index (χ3v) is 7.70. The monoisotopic (exact) mass is 567 g/mol. The number of thiophene rings is 1. The van der Waals surface area contributed by atoms with Gasteiger partial charge in [0.25, 0.3) is 0 Å². The van der Waals surface area contributed by atoms with Crippen molar-refractivity contribution in [2.45, 2.75) is 40.2 Å². The van der Waals surface area contributed by atoms with Crippen LogP contribution >= 0.6 is 11.3 Å². The van der Waals surface area contributed by atoms with Crippen molar-refractivity contribution in [2.24, 2.45) is 0 Å². The van der Waals surface area contributed by atoms with Crippen LogP contribution in [-0.2, 0) is 22.5 Å². The molecule has 8 nitrogen and oxygen atoms in total. The van der Waals surface area contributed by atoms with E-state index < -0.39 is 0 Å². The zero-order valence-electron chi connectivity index (χ0n) is 24.4. The summed E-state index contributed by atoms with van der Waals surface area (Å²) in [6, 6.07) is 15.5. The van der Waals surface area contributed by atoms with Gasteiger partial charge >= 0.3 is 6.03 Å². The van der Waals surface area contributed by atoms with Gasteiger partial charge in [-0.1, -0.05) is 24.3 Å². The molecule has 0 aliphatic carbocycles. The summed E-state index contributed by atoms with van der Waals surface area (Å²) >= 11 is 1.67. The van der Waals surface area contributed by atoms with Gasteiger partial charge in [-0.05, 0) is 74.6 Å². The molecule has 40 heavy (non-hydrogen) atoms. The SMILES string of the molecule is COCCCN(CC(=O)N(CCc1ccc(OC)c(OC)c1)Cc1ccc(C)s1)C(=O)Nc1c(C)cccc1C. The quantitative estimate of drug-likeness (QED) is 0.248. The Kier molecular flexibility index (Phi) is 11.8. The third kappa shape index (κ3) is 8.72. The van der Waals surface area contributed by atoms with Crippen molar-refractivity contribution in [2.75, 3.05) is 52.9 Å². The first-order valence-electron chi connectivity index (χ1n) is 13.4. The van der Waals surface area contributed by atoms with E-state index in [1.807, 2.05) is 55.1 Å². The summed E-state index contributed by atoms with van der Waals surface area (Å²) in [4.78, 5) is 32.9. The standard InChI is InChI=1S/C31H41N3O5S/c1-22-9-7-10-23(2)30(22)32-31(36)34(16-8-18-37-4)21-29(35)33(20-26-13-11-24(3)40-26)17-15-25-12-14-27(38-5)28(19-25)39-6/h7,9-14,19H,8,15-18,20-21H2,1-6H3,(H,32,36). The molecule has 0 bridgehead atoms. The highest BCUT2D eigenvalue weighted by molar-refractivity contribution is 7.11. The average Bonchev–Trinajstić information content (AvgIpc) is 3.36. The van der Waals surface area contributed by atoms with E-state index in [0.717, 1.165) is 27.3 Å². The van der Waals surface area contributed by atoms with Crippen molar-refractivity contribution in [1.82, 2.24) is 9.80 Å². The minimum atomic E-state index is -0.298. The molecule has 2 aromatic carbocycles. The highest BCUT2D eigenvalue weighted by Crippen LogP contribution is 2.28. The number of para-hydroxylation sites is 1. The van der Waals surface area contributed by atoms with Gasteiger partial charge in [-0.15, -0.1) is 11.3 Å². The van der Waals surface area contributed by atoms with Crippen LogP contribution in [-0.4, -0.2) is 69.3 Å². The van der Waals surface area contributed by atoms with Gasteiger partial charge in [0.05, 0.1) is 20.8 Å². The Labute approximate surface area is 241 Å². The second-order valence-corrected chi connectivity index (χ2v) is 11.1. The van der Waals surface area contributed by atoms with Gasteiger partial charge in [-0.25, -0.2) is 4.79 Å². The first kappa shape index (κ1) is 31.0. The first-order valence-corrected chi connectivity index (χ1v) is 14.2. The lowest BCUT2D eigenvalue weighted by molar-refractivity contribution is -0.132. The lowest BCUT2D eigenvalue weighted by Crippen LogP contribution is -2.45. The number of carbonyl (C=O) groups is 2. The van der Waals surface area contributed by atoms with Crippen LogP contribution in [0, 0.1) is 20.8 Å². The number of amides is 3. The highest BCUT2D eigenvalue weighted by atomic mass is 32.1. The number of hydrogen-bond acceptors (Lipinski definition) is 6. The van der Waals surface area contributed by atoms with Gasteiger partial charge < -0.3 is 29.3 Å². The second-order valence-electron chi connectivity index (χ2n) is 9.73. The molecule has 0 spiro atoms. The van der Waals surface area contributed by atoms with Crippen LogP contribution in [0.2, 0.25) is 0 Å². The van der Waals surface area contributed by atoms with E-state index in [0.29, 0.717) is 50.6 Å². The smallest absolute Gasteiger partial charge is 0.322 e. The Hall–Kier alpha value is -3.56. The molecule has 3 aromatic rings. The molecule has 0 atom stereocenters. The molecule has 0 aliphatic heterocycles. The number of rotatable bonds is 14. The number of ether oxygens (including phenoxy) is 3. The van der Waals surface area contributed by atoms with Crippen molar-refractivity contribution in [3.63, 3.8) is 0 Å². The second kappa shape index (κ2) is 15.3. The summed E-state index contributed by atoms with van der Waals surface area (Å²) in [6.45, 7) is 7.82. The number of benzene rings is 2. The molecule has 1 N–H and O–H groups in total. The molecule has 9 heteroatoms. The maximum atomic E-state index is 13.8. The largest absolute Gasteiger partial charge is 0.493 e. The molecule has 0 aliphatic rings. The van der Waals surface area contributed by atoms with E-state index >= 15 is 0 Å². The fraction of sp³-hybridized carbons (Fsp3) is 0.419. The van der Waals surface area contributed by atoms with Crippen LogP contribution in [0.5, 0.6) is 11.5 Å². The molecule has 0 saturated heterocycles. The maximum Gasteiger partial charge on any atom is 0.322 e. The molecule has 0 radical (unpaired) electrons. The minimum absolute atomic E-state index is 0.0310. The number of aryl methyl sites for hydroxylation is 3. The Morgan fingerprint density at radius 2 is 1.60 bits per heavy atom. The summed E-state index contributed by atoms with van der Waals surface area (Å²) in [6.07, 6.45) is 1.26. The van der Waals surface area contributed by atoms with Crippen LogP contribution < -0.4 is 14.8 Å². The van der Waals surface area contributed by atoms with Crippen molar-refractivity contribution in [3.05, 3.63) is 75.0 Å². The molecule has 3 amide bonds. The Morgan fingerprint density at radius 3 is 2.23 bits per heavy atom. The molecule has 216 valence electrons. The summed E-state index contributed by atoms with van der Waals surface area (Å²) in [5.74, 6) is 1.20. The third-order valence-electron chi connectivity index (χ3n) is 6.72. The predicted molar refractivity (Wildman–Crippen MR) is 161 cm³/mol. The minimum Gasteiger partial charge on any atom is -0.493 e. The predicted octanol–water partition coefficient (Wildman–Crippen LogP) is 5.83. The fourth-order valence-corrected chi connectivity index (χ4v) is 5.37. The van der Waals surface area contributed by atoms with E-state index in [9.17, 15) is 9.59 Å². The van der Waals surface area contributed by atoms with Crippen LogP contribution in [0.3, 0.4) is 0 Å².